The van der Waals surface area contributed by atoms with Crippen LogP contribution in [0.5, 0.6) is 5.75 Å². The summed E-state index contributed by atoms with van der Waals surface area (Å²) in [7, 11) is 3.81. The van der Waals surface area contributed by atoms with Gasteiger partial charge in [-0.25, -0.2) is 4.98 Å². The zero-order valence-electron chi connectivity index (χ0n) is 23.4. The molecule has 0 atom stereocenters. The molecular formula is C32H37N5O2. The van der Waals surface area contributed by atoms with Crippen LogP contribution in [0.15, 0.2) is 54.6 Å². The number of amides is 1. The van der Waals surface area contributed by atoms with Crippen LogP contribution in [0.25, 0.3) is 10.9 Å². The molecule has 0 spiro atoms. The molecule has 4 aromatic rings. The van der Waals surface area contributed by atoms with Crippen molar-refractivity contribution in [1.82, 2.24) is 19.4 Å². The number of hydrogen-bond acceptors (Lipinski definition) is 5. The van der Waals surface area contributed by atoms with E-state index in [0.29, 0.717) is 12.2 Å². The Bertz CT molecular complexity index is 1530. The van der Waals surface area contributed by atoms with Gasteiger partial charge in [0.15, 0.2) is 5.82 Å². The van der Waals surface area contributed by atoms with Crippen LogP contribution < -0.4 is 9.64 Å². The number of ether oxygens (including phenoxy) is 1. The number of likely N-dealkylation sites (N-methyl/N-ethyl adjacent to an activating group) is 1. The summed E-state index contributed by atoms with van der Waals surface area (Å²) < 4.78 is 7.87. The van der Waals surface area contributed by atoms with Gasteiger partial charge in [-0.2, -0.15) is 0 Å². The Kier molecular flexibility index (Phi) is 6.77. The van der Waals surface area contributed by atoms with Gasteiger partial charge in [-0.1, -0.05) is 36.4 Å². The summed E-state index contributed by atoms with van der Waals surface area (Å²) in [6, 6.07) is 18.9. The van der Waals surface area contributed by atoms with Crippen LogP contribution in [0.2, 0.25) is 0 Å². The van der Waals surface area contributed by atoms with Crippen LogP contribution in [0.1, 0.15) is 38.4 Å². The first-order valence-electron chi connectivity index (χ1n) is 13.9. The fourth-order valence-electron chi connectivity index (χ4n) is 5.97. The third kappa shape index (κ3) is 4.76. The van der Waals surface area contributed by atoms with E-state index in [2.05, 4.69) is 71.7 Å². The third-order valence-corrected chi connectivity index (χ3v) is 8.51. The number of rotatable bonds is 5. The lowest BCUT2D eigenvalue weighted by Gasteiger charge is -2.33. The summed E-state index contributed by atoms with van der Waals surface area (Å²) in [4.78, 5) is 25.5. The van der Waals surface area contributed by atoms with E-state index in [1.165, 1.54) is 27.9 Å². The number of nitrogens with zero attached hydrogens (tertiary/aromatic N) is 5. The lowest BCUT2D eigenvalue weighted by molar-refractivity contribution is 0.0658. The topological polar surface area (TPSA) is 53.8 Å². The summed E-state index contributed by atoms with van der Waals surface area (Å²) in [5.41, 5.74) is 7.92. The predicted octanol–water partition coefficient (Wildman–Crippen LogP) is 4.66. The number of aromatic nitrogens is 2. The maximum atomic E-state index is 13.8. The highest BCUT2D eigenvalue weighted by Crippen LogP contribution is 2.36. The number of carbonyl (C=O) groups is 1. The smallest absolute Gasteiger partial charge is 0.272 e. The summed E-state index contributed by atoms with van der Waals surface area (Å²) in [5, 5.41) is 1.11. The van der Waals surface area contributed by atoms with Gasteiger partial charge < -0.3 is 24.0 Å². The highest BCUT2D eigenvalue weighted by atomic mass is 16.5. The van der Waals surface area contributed by atoms with Crippen molar-refractivity contribution in [1.29, 1.82) is 0 Å². The molecular weight excluding hydrogens is 486 g/mol. The highest BCUT2D eigenvalue weighted by molar-refractivity contribution is 6.01. The lowest BCUT2D eigenvalue weighted by Crippen LogP contribution is -2.47. The minimum absolute atomic E-state index is 0.0289. The Morgan fingerprint density at radius 3 is 2.49 bits per heavy atom. The fraction of sp³-hybridized carbons (Fsp3) is 0.375. The van der Waals surface area contributed by atoms with Gasteiger partial charge in [0.2, 0.25) is 0 Å². The molecule has 6 rings (SSSR count). The molecule has 4 heterocycles. The van der Waals surface area contributed by atoms with E-state index in [-0.39, 0.29) is 5.91 Å². The Morgan fingerprint density at radius 1 is 0.949 bits per heavy atom. The van der Waals surface area contributed by atoms with Crippen LogP contribution in [0.3, 0.4) is 0 Å². The van der Waals surface area contributed by atoms with Crippen LogP contribution in [-0.2, 0) is 19.5 Å². The second-order valence-corrected chi connectivity index (χ2v) is 10.9. The van der Waals surface area contributed by atoms with Gasteiger partial charge in [0.05, 0.1) is 12.6 Å². The van der Waals surface area contributed by atoms with Crippen molar-refractivity contribution in [3.63, 3.8) is 0 Å². The zero-order valence-corrected chi connectivity index (χ0v) is 23.4. The van der Waals surface area contributed by atoms with E-state index in [0.717, 1.165) is 68.2 Å². The molecule has 0 bridgehead atoms. The average molecular weight is 524 g/mol. The Labute approximate surface area is 230 Å². The summed E-state index contributed by atoms with van der Waals surface area (Å²) in [6.07, 6.45) is 0.963. The molecule has 2 aromatic carbocycles. The minimum Gasteiger partial charge on any atom is -0.497 e. The van der Waals surface area contributed by atoms with Crippen LogP contribution in [0.4, 0.5) is 5.82 Å². The van der Waals surface area contributed by atoms with Crippen LogP contribution in [0, 0.1) is 13.8 Å². The average Bonchev–Trinajstić information content (AvgIpc) is 3.21. The molecule has 1 saturated heterocycles. The zero-order chi connectivity index (χ0) is 27.1. The summed E-state index contributed by atoms with van der Waals surface area (Å²) in [6.45, 7) is 9.94. The molecule has 0 unspecified atom stereocenters. The molecule has 2 aliphatic rings. The van der Waals surface area contributed by atoms with Gasteiger partial charge in [-0.3, -0.25) is 4.79 Å². The van der Waals surface area contributed by atoms with Crippen molar-refractivity contribution in [3.05, 3.63) is 88.2 Å². The molecule has 0 saturated carbocycles. The first-order valence-corrected chi connectivity index (χ1v) is 13.9. The van der Waals surface area contributed by atoms with E-state index >= 15 is 0 Å². The number of anilines is 1. The van der Waals surface area contributed by atoms with Gasteiger partial charge in [0.25, 0.3) is 5.91 Å². The third-order valence-electron chi connectivity index (χ3n) is 8.51. The molecule has 202 valence electrons. The second-order valence-electron chi connectivity index (χ2n) is 10.9. The number of carbonyl (C=O) groups excluding carboxylic acids is 1. The largest absolute Gasteiger partial charge is 0.497 e. The predicted molar refractivity (Wildman–Crippen MR) is 156 cm³/mol. The van der Waals surface area contributed by atoms with E-state index < -0.39 is 0 Å². The Hall–Kier alpha value is -3.84. The standard InChI is InChI=1S/C32H37N5O2/c1-22-23(2)37(20-24-8-7-11-27(18-24)39-4)30-28(22)19-29(32(38)35-16-14-34(3)15-17-35)33-31(30)36-13-12-25-9-5-6-10-26(25)21-36/h5-11,18-19H,12-17,20-21H2,1-4H3. The molecule has 2 aromatic heterocycles. The molecule has 0 radical (unpaired) electrons. The van der Waals surface area contributed by atoms with Crippen molar-refractivity contribution in [2.75, 3.05) is 51.8 Å². The van der Waals surface area contributed by atoms with Crippen molar-refractivity contribution in [2.45, 2.75) is 33.4 Å². The molecule has 7 nitrogen and oxygen atoms in total. The van der Waals surface area contributed by atoms with E-state index in [9.17, 15) is 4.79 Å². The fourth-order valence-corrected chi connectivity index (χ4v) is 5.97. The van der Waals surface area contributed by atoms with Crippen molar-refractivity contribution >= 4 is 22.6 Å². The first kappa shape index (κ1) is 25.4. The number of methoxy groups -OCH3 is 1. The van der Waals surface area contributed by atoms with Gasteiger partial charge in [-0.15, -0.1) is 0 Å². The second kappa shape index (κ2) is 10.4. The normalized spacial score (nSPS) is 16.0. The van der Waals surface area contributed by atoms with Crippen molar-refractivity contribution < 1.29 is 9.53 Å². The number of pyridine rings is 1. The maximum Gasteiger partial charge on any atom is 0.272 e. The van der Waals surface area contributed by atoms with Gasteiger partial charge in [0.1, 0.15) is 11.4 Å². The van der Waals surface area contributed by atoms with Gasteiger partial charge in [0, 0.05) is 56.9 Å². The van der Waals surface area contributed by atoms with Crippen molar-refractivity contribution in [3.8, 4) is 5.75 Å². The summed E-state index contributed by atoms with van der Waals surface area (Å²) >= 11 is 0. The molecule has 0 aliphatic carbocycles. The molecule has 0 N–H and O–H groups in total. The summed E-state index contributed by atoms with van der Waals surface area (Å²) in [5.74, 6) is 1.78. The highest BCUT2D eigenvalue weighted by Gasteiger charge is 2.28. The number of benzene rings is 2. The quantitative estimate of drug-likeness (QED) is 0.381. The Balaban J connectivity index is 1.48. The molecule has 2 aliphatic heterocycles. The number of aryl methyl sites for hydroxylation is 1. The maximum absolute atomic E-state index is 13.8. The minimum atomic E-state index is 0.0289. The van der Waals surface area contributed by atoms with Crippen molar-refractivity contribution in [2.24, 2.45) is 0 Å². The SMILES string of the molecule is COc1cccc(Cn2c(C)c(C)c3cc(C(=O)N4CCN(C)CC4)nc(N4CCc5ccccc5C4)c32)c1. The van der Waals surface area contributed by atoms with Gasteiger partial charge in [-0.05, 0) is 67.8 Å². The molecule has 1 fully saturated rings. The number of piperazine rings is 1. The Morgan fingerprint density at radius 2 is 1.72 bits per heavy atom. The molecule has 1 amide bonds. The van der Waals surface area contributed by atoms with E-state index in [1.54, 1.807) is 7.11 Å². The van der Waals surface area contributed by atoms with Crippen LogP contribution in [-0.4, -0.2) is 72.1 Å². The first-order chi connectivity index (χ1) is 18.9. The number of fused-ring (bicyclic) bond motifs is 2. The van der Waals surface area contributed by atoms with Gasteiger partial charge >= 0.3 is 0 Å². The molecule has 7 heteroatoms. The van der Waals surface area contributed by atoms with E-state index in [1.807, 2.05) is 23.1 Å². The number of hydrogen-bond donors (Lipinski definition) is 0. The molecule has 39 heavy (non-hydrogen) atoms. The van der Waals surface area contributed by atoms with Crippen LogP contribution >= 0.6 is 0 Å². The monoisotopic (exact) mass is 523 g/mol. The lowest BCUT2D eigenvalue weighted by atomic mass is 10.00. The van der Waals surface area contributed by atoms with E-state index in [4.69, 9.17) is 9.72 Å².